The molecule has 0 saturated carbocycles. The van der Waals surface area contributed by atoms with E-state index in [1.165, 1.54) is 18.2 Å². The molecule has 1 heterocycles. The van der Waals surface area contributed by atoms with Crippen LogP contribution in [0.2, 0.25) is 0 Å². The molecule has 1 amide bonds. The lowest BCUT2D eigenvalue weighted by atomic mass is 10.2. The average molecular weight is 268 g/mol. The van der Waals surface area contributed by atoms with Crippen LogP contribution >= 0.6 is 0 Å². The van der Waals surface area contributed by atoms with E-state index >= 15 is 0 Å². The lowest BCUT2D eigenvalue weighted by Gasteiger charge is -2.02. The highest BCUT2D eigenvalue weighted by Crippen LogP contribution is 2.10. The van der Waals surface area contributed by atoms with Crippen molar-refractivity contribution in [2.75, 3.05) is 5.32 Å². The maximum atomic E-state index is 11.7. The molecule has 0 radical (unpaired) electrons. The molecule has 0 aliphatic carbocycles. The molecule has 100 valence electrons. The van der Waals surface area contributed by atoms with E-state index < -0.39 is 5.97 Å². The zero-order chi connectivity index (χ0) is 14.4. The van der Waals surface area contributed by atoms with Crippen molar-refractivity contribution in [2.45, 2.75) is 0 Å². The first-order valence-corrected chi connectivity index (χ1v) is 5.87. The summed E-state index contributed by atoms with van der Waals surface area (Å²) in [6, 6.07) is 9.52. The second kappa shape index (κ2) is 6.29. The van der Waals surface area contributed by atoms with Crippen LogP contribution in [0.1, 0.15) is 15.9 Å². The number of hydrogen-bond donors (Lipinski definition) is 2. The van der Waals surface area contributed by atoms with Crippen molar-refractivity contribution in [3.63, 3.8) is 0 Å². The summed E-state index contributed by atoms with van der Waals surface area (Å²) in [5.41, 5.74) is 1.59. The minimum Gasteiger partial charge on any atom is -0.478 e. The molecule has 0 aliphatic heterocycles. The second-order valence-electron chi connectivity index (χ2n) is 3.99. The van der Waals surface area contributed by atoms with Crippen LogP contribution in [0.4, 0.5) is 5.69 Å². The maximum absolute atomic E-state index is 11.7. The Hall–Kier alpha value is -2.95. The molecule has 1 aromatic carbocycles. The van der Waals surface area contributed by atoms with Gasteiger partial charge in [0.1, 0.15) is 0 Å². The minimum atomic E-state index is -1.000. The molecular formula is C15H12N2O3. The number of nitrogens with zero attached hydrogens (tertiary/aromatic N) is 1. The van der Waals surface area contributed by atoms with E-state index in [1.807, 2.05) is 0 Å². The monoisotopic (exact) mass is 268 g/mol. The van der Waals surface area contributed by atoms with Crippen molar-refractivity contribution in [2.24, 2.45) is 0 Å². The fourth-order valence-electron chi connectivity index (χ4n) is 1.53. The summed E-state index contributed by atoms with van der Waals surface area (Å²) in [7, 11) is 0. The minimum absolute atomic E-state index is 0.176. The van der Waals surface area contributed by atoms with Crippen LogP contribution in [0.5, 0.6) is 0 Å². The first kappa shape index (κ1) is 13.5. The van der Waals surface area contributed by atoms with Crippen molar-refractivity contribution in [3.8, 4) is 0 Å². The second-order valence-corrected chi connectivity index (χ2v) is 3.99. The Balaban J connectivity index is 1.98. The number of anilines is 1. The number of aromatic carboxylic acids is 1. The number of hydrogen-bond acceptors (Lipinski definition) is 3. The lowest BCUT2D eigenvalue weighted by Crippen LogP contribution is -2.08. The largest absolute Gasteiger partial charge is 0.478 e. The zero-order valence-corrected chi connectivity index (χ0v) is 10.5. The third-order valence-corrected chi connectivity index (χ3v) is 2.53. The van der Waals surface area contributed by atoms with Crippen molar-refractivity contribution < 1.29 is 14.7 Å². The lowest BCUT2D eigenvalue weighted by molar-refractivity contribution is -0.111. The Morgan fingerprint density at radius 2 is 1.70 bits per heavy atom. The highest BCUT2D eigenvalue weighted by atomic mass is 16.4. The van der Waals surface area contributed by atoms with Gasteiger partial charge in [-0.3, -0.25) is 9.78 Å². The maximum Gasteiger partial charge on any atom is 0.335 e. The van der Waals surface area contributed by atoms with Gasteiger partial charge in [-0.1, -0.05) is 0 Å². The summed E-state index contributed by atoms with van der Waals surface area (Å²) >= 11 is 0. The van der Waals surface area contributed by atoms with Crippen LogP contribution in [-0.2, 0) is 4.79 Å². The number of aromatic nitrogens is 1. The Morgan fingerprint density at radius 3 is 2.30 bits per heavy atom. The third kappa shape index (κ3) is 3.78. The molecule has 1 aromatic heterocycles. The van der Waals surface area contributed by atoms with Crippen molar-refractivity contribution in [1.82, 2.24) is 4.98 Å². The van der Waals surface area contributed by atoms with Crippen LogP contribution in [0, 0.1) is 0 Å². The molecular weight excluding hydrogens is 256 g/mol. The van der Waals surface area contributed by atoms with Crippen LogP contribution in [0.25, 0.3) is 6.08 Å². The standard InChI is InChI=1S/C15H12N2O3/c18-14(6-1-11-7-9-16-10-8-11)17-13-4-2-12(3-5-13)15(19)20/h1-10H,(H,17,18)(H,19,20)/b6-1+. The van der Waals surface area contributed by atoms with Gasteiger partial charge in [0.2, 0.25) is 5.91 Å². The summed E-state index contributed by atoms with van der Waals surface area (Å²) in [5, 5.41) is 11.4. The van der Waals surface area contributed by atoms with Gasteiger partial charge in [-0.2, -0.15) is 0 Å². The summed E-state index contributed by atoms with van der Waals surface area (Å²) < 4.78 is 0. The SMILES string of the molecule is O=C(/C=C/c1ccncc1)Nc1ccc(C(=O)O)cc1. The van der Waals surface area contributed by atoms with Gasteiger partial charge in [-0.05, 0) is 48.0 Å². The molecule has 0 fully saturated rings. The molecule has 2 rings (SSSR count). The number of pyridine rings is 1. The van der Waals surface area contributed by atoms with Gasteiger partial charge < -0.3 is 10.4 Å². The predicted octanol–water partition coefficient (Wildman–Crippen LogP) is 2.43. The fraction of sp³-hybridized carbons (Fsp3) is 0. The molecule has 2 aromatic rings. The molecule has 0 spiro atoms. The van der Waals surface area contributed by atoms with Crippen LogP contribution in [-0.4, -0.2) is 22.0 Å². The molecule has 2 N–H and O–H groups in total. The van der Waals surface area contributed by atoms with E-state index in [-0.39, 0.29) is 11.5 Å². The normalized spacial score (nSPS) is 10.4. The number of carboxylic acid groups (broad SMARTS) is 1. The van der Waals surface area contributed by atoms with Gasteiger partial charge >= 0.3 is 5.97 Å². The van der Waals surface area contributed by atoms with Gasteiger partial charge in [0.05, 0.1) is 5.56 Å². The molecule has 5 nitrogen and oxygen atoms in total. The molecule has 0 atom stereocenters. The van der Waals surface area contributed by atoms with Gasteiger partial charge in [-0.25, -0.2) is 4.79 Å². The number of benzene rings is 1. The quantitative estimate of drug-likeness (QED) is 0.835. The first-order chi connectivity index (χ1) is 9.65. The highest BCUT2D eigenvalue weighted by molar-refractivity contribution is 6.02. The number of nitrogens with one attached hydrogen (secondary N) is 1. The Labute approximate surface area is 115 Å². The first-order valence-electron chi connectivity index (χ1n) is 5.87. The number of amides is 1. The topological polar surface area (TPSA) is 79.3 Å². The van der Waals surface area contributed by atoms with Crippen molar-refractivity contribution in [1.29, 1.82) is 0 Å². The van der Waals surface area contributed by atoms with Crippen LogP contribution in [0.3, 0.4) is 0 Å². The Morgan fingerprint density at radius 1 is 1.05 bits per heavy atom. The molecule has 5 heteroatoms. The summed E-state index contributed by atoms with van der Waals surface area (Å²) in [6.07, 6.45) is 6.35. The molecule has 20 heavy (non-hydrogen) atoms. The van der Waals surface area contributed by atoms with Crippen molar-refractivity contribution in [3.05, 3.63) is 66.0 Å². The van der Waals surface area contributed by atoms with Gasteiger partial charge in [0, 0.05) is 24.2 Å². The summed E-state index contributed by atoms with van der Waals surface area (Å²) in [4.78, 5) is 26.2. The van der Waals surface area contributed by atoms with E-state index in [9.17, 15) is 9.59 Å². The van der Waals surface area contributed by atoms with Crippen LogP contribution in [0.15, 0.2) is 54.9 Å². The zero-order valence-electron chi connectivity index (χ0n) is 10.5. The Bertz CT molecular complexity index is 634. The van der Waals surface area contributed by atoms with E-state index in [2.05, 4.69) is 10.3 Å². The molecule has 0 aliphatic rings. The van der Waals surface area contributed by atoms with E-state index in [0.717, 1.165) is 5.56 Å². The predicted molar refractivity (Wildman–Crippen MR) is 75.3 cm³/mol. The molecule has 0 saturated heterocycles. The molecule has 0 bridgehead atoms. The summed E-state index contributed by atoms with van der Waals surface area (Å²) in [6.45, 7) is 0. The third-order valence-electron chi connectivity index (χ3n) is 2.53. The number of carbonyl (C=O) groups is 2. The number of carbonyl (C=O) groups excluding carboxylic acids is 1. The van der Waals surface area contributed by atoms with Gasteiger partial charge in [-0.15, -0.1) is 0 Å². The van der Waals surface area contributed by atoms with E-state index in [4.69, 9.17) is 5.11 Å². The number of carboxylic acids is 1. The smallest absolute Gasteiger partial charge is 0.335 e. The van der Waals surface area contributed by atoms with E-state index in [1.54, 1.807) is 42.7 Å². The average Bonchev–Trinajstić information content (AvgIpc) is 2.47. The van der Waals surface area contributed by atoms with Crippen molar-refractivity contribution >= 4 is 23.6 Å². The summed E-state index contributed by atoms with van der Waals surface area (Å²) in [5.74, 6) is -1.29. The number of rotatable bonds is 4. The van der Waals surface area contributed by atoms with E-state index in [0.29, 0.717) is 5.69 Å². The Kier molecular flexibility index (Phi) is 4.24. The fourth-order valence-corrected chi connectivity index (χ4v) is 1.53. The molecule has 0 unspecified atom stereocenters. The van der Waals surface area contributed by atoms with Crippen LogP contribution < -0.4 is 5.32 Å². The van der Waals surface area contributed by atoms with Gasteiger partial charge in [0.15, 0.2) is 0 Å². The van der Waals surface area contributed by atoms with Gasteiger partial charge in [0.25, 0.3) is 0 Å². The highest BCUT2D eigenvalue weighted by Gasteiger charge is 2.02.